The summed E-state index contributed by atoms with van der Waals surface area (Å²) in [5.41, 5.74) is 2.41. The van der Waals surface area contributed by atoms with E-state index in [4.69, 9.17) is 4.74 Å². The van der Waals surface area contributed by atoms with Crippen LogP contribution in [0.3, 0.4) is 0 Å². The number of nitrogens with zero attached hydrogens (tertiary/aromatic N) is 1. The van der Waals surface area contributed by atoms with Crippen LogP contribution in [0.15, 0.2) is 54.6 Å². The second-order valence-corrected chi connectivity index (χ2v) is 6.73. The predicted octanol–water partition coefficient (Wildman–Crippen LogP) is 3.70. The third-order valence-corrected chi connectivity index (χ3v) is 5.15. The maximum absolute atomic E-state index is 12.2. The number of fused-ring (bicyclic) bond motifs is 2. The van der Waals surface area contributed by atoms with Crippen LogP contribution in [-0.2, 0) is 4.79 Å². The van der Waals surface area contributed by atoms with Gasteiger partial charge in [0.05, 0.1) is 18.5 Å². The van der Waals surface area contributed by atoms with E-state index < -0.39 is 12.5 Å². The molecule has 0 bridgehead atoms. The number of benzene rings is 3. The molecule has 28 heavy (non-hydrogen) atoms. The summed E-state index contributed by atoms with van der Waals surface area (Å²) in [5, 5.41) is 26.4. The van der Waals surface area contributed by atoms with E-state index in [9.17, 15) is 15.0 Å². The number of aliphatic hydroxyl groups is 2. The van der Waals surface area contributed by atoms with E-state index in [0.717, 1.165) is 10.8 Å². The second kappa shape index (κ2) is 7.14. The van der Waals surface area contributed by atoms with E-state index in [0.29, 0.717) is 34.7 Å². The smallest absolute Gasteiger partial charge is 0.224 e. The molecule has 3 aromatic rings. The van der Waals surface area contributed by atoms with E-state index in [1.807, 2.05) is 36.4 Å². The quantitative estimate of drug-likeness (QED) is 0.645. The molecule has 3 aromatic carbocycles. The minimum atomic E-state index is -1.01. The molecule has 0 aliphatic carbocycles. The number of amides is 1. The Kier molecular flexibility index (Phi) is 4.66. The average Bonchev–Trinajstić information content (AvgIpc) is 2.98. The summed E-state index contributed by atoms with van der Waals surface area (Å²) >= 11 is 0. The van der Waals surface area contributed by atoms with Gasteiger partial charge >= 0.3 is 0 Å². The van der Waals surface area contributed by atoms with E-state index in [-0.39, 0.29) is 5.91 Å². The lowest BCUT2D eigenvalue weighted by molar-refractivity contribution is -0.115. The van der Waals surface area contributed by atoms with Crippen molar-refractivity contribution in [2.45, 2.75) is 25.8 Å². The highest BCUT2D eigenvalue weighted by molar-refractivity contribution is 6.07. The number of carbonyl (C=O) groups excluding carboxylic acids is 1. The van der Waals surface area contributed by atoms with Gasteiger partial charge in [-0.3, -0.25) is 4.79 Å². The Morgan fingerprint density at radius 3 is 2.36 bits per heavy atom. The fourth-order valence-corrected chi connectivity index (χ4v) is 3.68. The maximum Gasteiger partial charge on any atom is 0.224 e. The molecule has 0 saturated carbocycles. The lowest BCUT2D eigenvalue weighted by Gasteiger charge is -2.29. The fourth-order valence-electron chi connectivity index (χ4n) is 3.68. The molecular weight excluding hydrogens is 356 g/mol. The van der Waals surface area contributed by atoms with Gasteiger partial charge in [-0.2, -0.15) is 0 Å². The van der Waals surface area contributed by atoms with Crippen LogP contribution in [0.5, 0.6) is 5.75 Å². The van der Waals surface area contributed by atoms with Gasteiger partial charge in [-0.05, 0) is 29.7 Å². The highest BCUT2D eigenvalue weighted by Gasteiger charge is 2.37. The molecule has 0 fully saturated rings. The van der Waals surface area contributed by atoms with Gasteiger partial charge in [0.2, 0.25) is 5.91 Å². The Labute approximate surface area is 163 Å². The van der Waals surface area contributed by atoms with Crippen LogP contribution in [0.1, 0.15) is 36.9 Å². The van der Waals surface area contributed by atoms with E-state index >= 15 is 0 Å². The highest BCUT2D eigenvalue weighted by atomic mass is 16.5. The minimum absolute atomic E-state index is 0.148. The lowest BCUT2D eigenvalue weighted by Crippen LogP contribution is -2.27. The predicted molar refractivity (Wildman–Crippen MR) is 108 cm³/mol. The Morgan fingerprint density at radius 1 is 1.07 bits per heavy atom. The number of methoxy groups -OCH3 is 1. The zero-order valence-electron chi connectivity index (χ0n) is 15.7. The van der Waals surface area contributed by atoms with E-state index in [1.54, 1.807) is 32.2 Å². The molecule has 0 saturated heterocycles. The normalized spacial score (nSPS) is 18.2. The Morgan fingerprint density at radius 2 is 1.75 bits per heavy atom. The third kappa shape index (κ3) is 2.87. The van der Waals surface area contributed by atoms with Gasteiger partial charge in [-0.15, -0.1) is 0 Å². The number of hydrogen-bond donors (Lipinski definition) is 3. The summed E-state index contributed by atoms with van der Waals surface area (Å²) in [6, 6.07) is 16.5. The summed E-state index contributed by atoms with van der Waals surface area (Å²) in [6.07, 6.45) is -1.71. The van der Waals surface area contributed by atoms with Gasteiger partial charge in [-0.25, -0.2) is 0 Å². The Hall–Kier alpha value is -3.09. The van der Waals surface area contributed by atoms with Crippen molar-refractivity contribution in [2.24, 2.45) is 0 Å². The van der Waals surface area contributed by atoms with Crippen LogP contribution in [0, 0.1) is 0 Å². The first-order valence-electron chi connectivity index (χ1n) is 9.19. The third-order valence-electron chi connectivity index (χ3n) is 5.15. The van der Waals surface area contributed by atoms with Crippen molar-refractivity contribution in [1.82, 2.24) is 0 Å². The Bertz CT molecular complexity index is 1020. The van der Waals surface area contributed by atoms with Crippen LogP contribution in [0.25, 0.3) is 10.8 Å². The molecule has 6 heteroatoms. The molecule has 3 N–H and O–H groups in total. The Balaban J connectivity index is 1.89. The van der Waals surface area contributed by atoms with Gasteiger partial charge in [0.1, 0.15) is 5.75 Å². The van der Waals surface area contributed by atoms with Crippen LogP contribution in [0.4, 0.5) is 11.4 Å². The topological polar surface area (TPSA) is 82.0 Å². The van der Waals surface area contributed by atoms with Crippen molar-refractivity contribution in [3.8, 4) is 5.75 Å². The van der Waals surface area contributed by atoms with Crippen molar-refractivity contribution in [3.63, 3.8) is 0 Å². The number of carbonyl (C=O) groups is 1. The standard InChI is InChI=1S/C22H22N2O4/c1-3-19(25)23-20-15-10-9-14(28-2)12-13(15)8-11-18(20)24-21(26)16-6-4-5-7-17(16)22(24)27/h4-12,21-22,26-27H,3H2,1-2H3,(H,23,25). The molecule has 1 aliphatic heterocycles. The molecule has 6 nitrogen and oxygen atoms in total. The van der Waals surface area contributed by atoms with Gasteiger partial charge in [0.15, 0.2) is 12.5 Å². The number of anilines is 2. The number of ether oxygens (including phenoxy) is 1. The van der Waals surface area contributed by atoms with Crippen LogP contribution < -0.4 is 15.0 Å². The van der Waals surface area contributed by atoms with Crippen molar-refractivity contribution >= 4 is 28.1 Å². The highest BCUT2D eigenvalue weighted by Crippen LogP contribution is 2.47. The summed E-state index contributed by atoms with van der Waals surface area (Å²) < 4.78 is 5.29. The fraction of sp³-hybridized carbons (Fsp3) is 0.227. The number of hydrogen-bond acceptors (Lipinski definition) is 5. The molecule has 1 amide bonds. The maximum atomic E-state index is 12.2. The first-order chi connectivity index (χ1) is 13.5. The van der Waals surface area contributed by atoms with Crippen molar-refractivity contribution in [3.05, 3.63) is 65.7 Å². The lowest BCUT2D eigenvalue weighted by atomic mass is 10.1. The SMILES string of the molecule is CCC(=O)Nc1c(N2C(O)c3ccccc3C2O)ccc2cc(OC)ccc12. The van der Waals surface area contributed by atoms with Gasteiger partial charge < -0.3 is 25.2 Å². The minimum Gasteiger partial charge on any atom is -0.497 e. The summed E-state index contributed by atoms with van der Waals surface area (Å²) in [6.45, 7) is 1.78. The van der Waals surface area contributed by atoms with E-state index in [2.05, 4.69) is 5.32 Å². The average molecular weight is 378 g/mol. The summed E-state index contributed by atoms with van der Waals surface area (Å²) in [5.74, 6) is 0.562. The van der Waals surface area contributed by atoms with Crippen LogP contribution in [-0.4, -0.2) is 23.2 Å². The van der Waals surface area contributed by atoms with Crippen molar-refractivity contribution < 1.29 is 19.7 Å². The van der Waals surface area contributed by atoms with Crippen LogP contribution >= 0.6 is 0 Å². The molecule has 2 atom stereocenters. The zero-order valence-corrected chi connectivity index (χ0v) is 15.7. The molecule has 1 aliphatic rings. The summed E-state index contributed by atoms with van der Waals surface area (Å²) in [7, 11) is 1.60. The number of aliphatic hydroxyl groups excluding tert-OH is 2. The molecule has 0 radical (unpaired) electrons. The van der Waals surface area contributed by atoms with Crippen molar-refractivity contribution in [2.75, 3.05) is 17.3 Å². The van der Waals surface area contributed by atoms with Crippen LogP contribution in [0.2, 0.25) is 0 Å². The second-order valence-electron chi connectivity index (χ2n) is 6.73. The molecule has 2 unspecified atom stereocenters. The molecule has 0 aromatic heterocycles. The largest absolute Gasteiger partial charge is 0.497 e. The monoisotopic (exact) mass is 378 g/mol. The number of nitrogens with one attached hydrogen (secondary N) is 1. The van der Waals surface area contributed by atoms with Crippen molar-refractivity contribution in [1.29, 1.82) is 0 Å². The van der Waals surface area contributed by atoms with Gasteiger partial charge in [0, 0.05) is 22.9 Å². The van der Waals surface area contributed by atoms with Gasteiger partial charge in [-0.1, -0.05) is 37.3 Å². The molecule has 0 spiro atoms. The molecular formula is C22H22N2O4. The first kappa shape index (κ1) is 18.3. The zero-order chi connectivity index (χ0) is 19.8. The summed E-state index contributed by atoms with van der Waals surface area (Å²) in [4.78, 5) is 13.7. The van der Waals surface area contributed by atoms with E-state index in [1.165, 1.54) is 4.90 Å². The van der Waals surface area contributed by atoms with Gasteiger partial charge in [0.25, 0.3) is 0 Å². The molecule has 4 rings (SSSR count). The molecule has 144 valence electrons. The molecule has 1 heterocycles. The number of rotatable bonds is 4. The first-order valence-corrected chi connectivity index (χ1v) is 9.19.